The summed E-state index contributed by atoms with van der Waals surface area (Å²) in [6.07, 6.45) is 4.82. The molecule has 6 heteroatoms. The minimum Gasteiger partial charge on any atom is -0.507 e. The molecule has 140 valence electrons. The molecule has 0 unspecified atom stereocenters. The number of aromatic hydroxyl groups is 1. The standard InChI is InChI=1S/C20H25NO3S2/c1-3-4-8-15-13-21(16-9-6-5-7-10-16)17-11-19(25-2)18(22)12-20(17)26(23,24)14-15/h5-7,9-12,15,22H,3-4,8,13-14H2,1-2H3/t15-/m0/s1. The molecule has 1 atom stereocenters. The Morgan fingerprint density at radius 3 is 2.62 bits per heavy atom. The van der Waals surface area contributed by atoms with Gasteiger partial charge >= 0.3 is 0 Å². The molecule has 1 N–H and O–H groups in total. The van der Waals surface area contributed by atoms with Crippen molar-refractivity contribution in [2.45, 2.75) is 36.0 Å². The van der Waals surface area contributed by atoms with Crippen molar-refractivity contribution >= 4 is 33.0 Å². The number of benzene rings is 2. The molecular weight excluding hydrogens is 366 g/mol. The molecule has 4 nitrogen and oxygen atoms in total. The third kappa shape index (κ3) is 3.86. The van der Waals surface area contributed by atoms with E-state index in [1.54, 1.807) is 0 Å². The van der Waals surface area contributed by atoms with Gasteiger partial charge in [-0.2, -0.15) is 0 Å². The van der Waals surface area contributed by atoms with Gasteiger partial charge in [-0.25, -0.2) is 8.42 Å². The van der Waals surface area contributed by atoms with Crippen LogP contribution in [0.4, 0.5) is 11.4 Å². The smallest absolute Gasteiger partial charge is 0.180 e. The number of fused-ring (bicyclic) bond motifs is 1. The van der Waals surface area contributed by atoms with Crippen molar-refractivity contribution in [1.82, 2.24) is 0 Å². The number of para-hydroxylation sites is 1. The topological polar surface area (TPSA) is 57.6 Å². The van der Waals surface area contributed by atoms with Gasteiger partial charge in [0, 0.05) is 18.3 Å². The highest BCUT2D eigenvalue weighted by molar-refractivity contribution is 7.98. The van der Waals surface area contributed by atoms with Crippen LogP contribution in [0, 0.1) is 5.92 Å². The first-order chi connectivity index (χ1) is 12.5. The Hall–Kier alpha value is -1.66. The van der Waals surface area contributed by atoms with Gasteiger partial charge in [0.25, 0.3) is 0 Å². The number of phenolic OH excluding ortho intramolecular Hbond substituents is 1. The van der Waals surface area contributed by atoms with Crippen molar-refractivity contribution in [3.8, 4) is 5.75 Å². The summed E-state index contributed by atoms with van der Waals surface area (Å²) in [4.78, 5) is 3.02. The number of phenols is 1. The molecule has 0 spiro atoms. The zero-order chi connectivity index (χ0) is 18.7. The van der Waals surface area contributed by atoms with Gasteiger partial charge in [0.1, 0.15) is 5.75 Å². The maximum atomic E-state index is 13.1. The van der Waals surface area contributed by atoms with E-state index in [0.717, 1.165) is 24.9 Å². The van der Waals surface area contributed by atoms with E-state index in [2.05, 4.69) is 11.8 Å². The quantitative estimate of drug-likeness (QED) is 0.739. The molecule has 0 saturated carbocycles. The molecule has 0 bridgehead atoms. The van der Waals surface area contributed by atoms with Gasteiger partial charge in [-0.1, -0.05) is 38.0 Å². The summed E-state index contributed by atoms with van der Waals surface area (Å²) in [5, 5.41) is 10.3. The average Bonchev–Trinajstić information content (AvgIpc) is 2.74. The third-order valence-electron chi connectivity index (χ3n) is 4.82. The molecule has 2 aromatic carbocycles. The van der Waals surface area contributed by atoms with Gasteiger partial charge in [0.15, 0.2) is 9.84 Å². The van der Waals surface area contributed by atoms with Crippen LogP contribution >= 0.6 is 11.8 Å². The molecule has 1 aliphatic rings. The summed E-state index contributed by atoms with van der Waals surface area (Å²) in [5.41, 5.74) is 1.64. The van der Waals surface area contributed by atoms with Crippen molar-refractivity contribution in [1.29, 1.82) is 0 Å². The van der Waals surface area contributed by atoms with Crippen LogP contribution in [0.5, 0.6) is 5.75 Å². The Morgan fingerprint density at radius 2 is 1.96 bits per heavy atom. The lowest BCUT2D eigenvalue weighted by Crippen LogP contribution is -2.26. The molecule has 1 heterocycles. The molecule has 0 aliphatic carbocycles. The summed E-state index contributed by atoms with van der Waals surface area (Å²) in [5.74, 6) is 0.216. The number of nitrogens with zero attached hydrogens (tertiary/aromatic N) is 1. The van der Waals surface area contributed by atoms with Crippen molar-refractivity contribution < 1.29 is 13.5 Å². The van der Waals surface area contributed by atoms with Gasteiger partial charge in [-0.05, 0) is 36.8 Å². The Kier molecular flexibility index (Phi) is 5.82. The van der Waals surface area contributed by atoms with Crippen LogP contribution in [0.3, 0.4) is 0 Å². The van der Waals surface area contributed by atoms with Gasteiger partial charge in [0.2, 0.25) is 0 Å². The maximum Gasteiger partial charge on any atom is 0.180 e. The summed E-state index contributed by atoms with van der Waals surface area (Å²) < 4.78 is 26.1. The lowest BCUT2D eigenvalue weighted by Gasteiger charge is -2.27. The number of hydrogen-bond acceptors (Lipinski definition) is 5. The summed E-state index contributed by atoms with van der Waals surface area (Å²) >= 11 is 1.42. The normalized spacial score (nSPS) is 19.0. The van der Waals surface area contributed by atoms with E-state index >= 15 is 0 Å². The highest BCUT2D eigenvalue weighted by Crippen LogP contribution is 2.42. The SMILES string of the molecule is CCCC[C@H]1CN(c2ccccc2)c2cc(SC)c(O)cc2S(=O)(=O)C1. The van der Waals surface area contributed by atoms with Gasteiger partial charge < -0.3 is 10.0 Å². The van der Waals surface area contributed by atoms with Crippen molar-refractivity contribution in [2.24, 2.45) is 5.92 Å². The van der Waals surface area contributed by atoms with Gasteiger partial charge in [-0.15, -0.1) is 11.8 Å². The van der Waals surface area contributed by atoms with Gasteiger partial charge in [-0.3, -0.25) is 0 Å². The molecule has 26 heavy (non-hydrogen) atoms. The Bertz CT molecular complexity index is 866. The van der Waals surface area contributed by atoms with E-state index in [9.17, 15) is 13.5 Å². The number of unbranched alkanes of at least 4 members (excludes halogenated alkanes) is 1. The van der Waals surface area contributed by atoms with E-state index in [4.69, 9.17) is 0 Å². The van der Waals surface area contributed by atoms with E-state index < -0.39 is 9.84 Å². The molecule has 1 aliphatic heterocycles. The molecule has 0 amide bonds. The highest BCUT2D eigenvalue weighted by atomic mass is 32.2. The summed E-state index contributed by atoms with van der Waals surface area (Å²) in [7, 11) is -3.46. The lowest BCUT2D eigenvalue weighted by molar-refractivity contribution is 0.460. The molecule has 0 radical (unpaired) electrons. The second-order valence-electron chi connectivity index (χ2n) is 6.73. The zero-order valence-corrected chi connectivity index (χ0v) is 16.8. The van der Waals surface area contributed by atoms with Crippen LogP contribution in [-0.4, -0.2) is 32.1 Å². The Morgan fingerprint density at radius 1 is 1.23 bits per heavy atom. The largest absolute Gasteiger partial charge is 0.507 e. The van der Waals surface area contributed by atoms with Crippen LogP contribution in [0.2, 0.25) is 0 Å². The minimum absolute atomic E-state index is 0.0276. The highest BCUT2D eigenvalue weighted by Gasteiger charge is 2.33. The van der Waals surface area contributed by atoms with Gasteiger partial charge in [0.05, 0.1) is 21.2 Å². The van der Waals surface area contributed by atoms with E-state index in [1.807, 2.05) is 42.7 Å². The van der Waals surface area contributed by atoms with Crippen LogP contribution < -0.4 is 4.90 Å². The monoisotopic (exact) mass is 391 g/mol. The minimum atomic E-state index is -3.46. The predicted molar refractivity (Wildman–Crippen MR) is 108 cm³/mol. The molecular formula is C20H25NO3S2. The Balaban J connectivity index is 2.17. The second-order valence-corrected chi connectivity index (χ2v) is 9.58. The molecule has 3 rings (SSSR count). The van der Waals surface area contributed by atoms with Crippen molar-refractivity contribution in [2.75, 3.05) is 23.5 Å². The summed E-state index contributed by atoms with van der Waals surface area (Å²) in [6, 6.07) is 13.1. The van der Waals surface area contributed by atoms with Crippen LogP contribution in [-0.2, 0) is 9.84 Å². The molecule has 0 aromatic heterocycles. The molecule has 2 aromatic rings. The van der Waals surface area contributed by atoms with Crippen molar-refractivity contribution in [3.05, 3.63) is 42.5 Å². The maximum absolute atomic E-state index is 13.1. The van der Waals surface area contributed by atoms with Crippen LogP contribution in [0.25, 0.3) is 0 Å². The number of rotatable bonds is 5. The van der Waals surface area contributed by atoms with E-state index in [-0.39, 0.29) is 22.3 Å². The number of sulfone groups is 1. The lowest BCUT2D eigenvalue weighted by atomic mass is 10.0. The molecule has 0 saturated heterocycles. The van der Waals surface area contributed by atoms with Crippen molar-refractivity contribution in [3.63, 3.8) is 0 Å². The first-order valence-electron chi connectivity index (χ1n) is 8.92. The second kappa shape index (κ2) is 7.92. The average molecular weight is 392 g/mol. The van der Waals surface area contributed by atoms with E-state index in [0.29, 0.717) is 17.1 Å². The fraction of sp³-hybridized carbons (Fsp3) is 0.400. The van der Waals surface area contributed by atoms with E-state index in [1.165, 1.54) is 17.8 Å². The van der Waals surface area contributed by atoms with Crippen LogP contribution in [0.1, 0.15) is 26.2 Å². The fourth-order valence-corrected chi connectivity index (χ4v) is 5.84. The number of anilines is 2. The first kappa shape index (κ1) is 19.1. The molecule has 0 fully saturated rings. The summed E-state index contributed by atoms with van der Waals surface area (Å²) in [6.45, 7) is 2.78. The van der Waals surface area contributed by atoms with Crippen LogP contribution in [0.15, 0.2) is 52.3 Å². The number of thioether (sulfide) groups is 1. The zero-order valence-electron chi connectivity index (χ0n) is 15.2. The Labute approximate surface area is 160 Å². The predicted octanol–water partition coefficient (Wildman–Crippen LogP) is 4.85. The third-order valence-corrected chi connectivity index (χ3v) is 7.49. The fourth-order valence-electron chi connectivity index (χ4n) is 3.49. The first-order valence-corrected chi connectivity index (χ1v) is 11.8. The number of hydrogen-bond donors (Lipinski definition) is 1.